The van der Waals surface area contributed by atoms with Crippen LogP contribution in [-0.4, -0.2) is 335 Å². The van der Waals surface area contributed by atoms with E-state index in [4.69, 9.17) is 92.2 Å². The molecule has 6 radical (unpaired) electrons. The Morgan fingerprint density at radius 3 is 0.522 bits per heavy atom. The van der Waals surface area contributed by atoms with E-state index in [0.717, 1.165) is 0 Å². The van der Waals surface area contributed by atoms with Gasteiger partial charge in [0.2, 0.25) is 0 Å². The first-order valence-corrected chi connectivity index (χ1v) is 33.0. The van der Waals surface area contributed by atoms with Crippen molar-refractivity contribution in [2.75, 3.05) is 162 Å². The van der Waals surface area contributed by atoms with Gasteiger partial charge < -0.3 is 144 Å². The van der Waals surface area contributed by atoms with Crippen LogP contribution >= 0.6 is 0 Å². The first-order valence-electron chi connectivity index (χ1n) is 33.0. The van der Waals surface area contributed by atoms with Gasteiger partial charge >= 0.3 is 72.7 Å². The molecule has 0 aliphatic heterocycles. The van der Waals surface area contributed by atoms with Crippen molar-refractivity contribution < 1.29 is 398 Å². The fourth-order valence-electron chi connectivity index (χ4n) is 6.65. The molecular formula is C67H124O42Y6. The van der Waals surface area contributed by atoms with Crippen LogP contribution < -0.4 is 0 Å². The molecule has 48 heteroatoms. The summed E-state index contributed by atoms with van der Waals surface area (Å²) in [7, 11) is 7.19. The Labute approximate surface area is 825 Å². The number of aliphatic hydroxyl groups excluding tert-OH is 6. The average molecular weight is 2140 g/mol. The topological polar surface area (TPSA) is 548 Å². The summed E-state index contributed by atoms with van der Waals surface area (Å²) in [5.74, 6) is -3.57. The Morgan fingerprint density at radius 2 is 0.383 bits per heavy atom. The van der Waals surface area contributed by atoms with Gasteiger partial charge in [0.25, 0.3) is 0 Å². The second-order valence-corrected chi connectivity index (χ2v) is 24.4. The molecule has 0 spiro atoms. The van der Waals surface area contributed by atoms with E-state index in [-0.39, 0.29) is 323 Å². The summed E-state index contributed by atoms with van der Waals surface area (Å²) < 4.78 is 115. The summed E-state index contributed by atoms with van der Waals surface area (Å²) in [6.07, 6.45) is -7.93. The van der Waals surface area contributed by atoms with E-state index in [1.165, 1.54) is 126 Å². The molecule has 0 bridgehead atoms. The third-order valence-corrected chi connectivity index (χ3v) is 11.5. The Hall–Kier alpha value is -1.42. The van der Waals surface area contributed by atoms with Gasteiger partial charge in [-0.2, -0.15) is 0 Å². The molecule has 0 fully saturated rings. The van der Waals surface area contributed by atoms with Crippen LogP contribution in [0.1, 0.15) is 132 Å². The van der Waals surface area contributed by atoms with Gasteiger partial charge in [-0.3, -0.25) is 0 Å². The first kappa shape index (κ1) is 142. The van der Waals surface area contributed by atoms with Gasteiger partial charge in [0.1, 0.15) is 78.8 Å². The summed E-state index contributed by atoms with van der Waals surface area (Å²) in [5.41, 5.74) is -7.11. The van der Waals surface area contributed by atoms with E-state index >= 15 is 0 Å². The quantitative estimate of drug-likeness (QED) is 0.0376. The van der Waals surface area contributed by atoms with Gasteiger partial charge in [-0.25, -0.2) is 57.5 Å². The third-order valence-electron chi connectivity index (χ3n) is 11.5. The van der Waals surface area contributed by atoms with Crippen LogP contribution in [0.2, 0.25) is 0 Å². The maximum atomic E-state index is 11.6. The predicted molar refractivity (Wildman–Crippen MR) is 373 cm³/mol. The van der Waals surface area contributed by atoms with E-state index in [1.807, 2.05) is 0 Å². The molecule has 0 heterocycles. The van der Waals surface area contributed by atoms with Gasteiger partial charge in [-0.05, 0) is 125 Å². The molecule has 0 rings (SSSR count). The van der Waals surface area contributed by atoms with Crippen molar-refractivity contribution in [3.8, 4) is 0 Å². The van der Waals surface area contributed by atoms with Crippen LogP contribution in [0.15, 0.2) is 0 Å². The van der Waals surface area contributed by atoms with Crippen LogP contribution in [0.3, 0.4) is 0 Å². The van der Waals surface area contributed by atoms with E-state index < -0.39 is 143 Å². The molecule has 6 atom stereocenters. The Morgan fingerprint density at radius 1 is 0.235 bits per heavy atom. The van der Waals surface area contributed by atoms with Crippen LogP contribution in [0.4, 0.5) is 28.8 Å². The number of carbonyl (C=O) groups is 12. The van der Waals surface area contributed by atoms with Crippen LogP contribution in [0.25, 0.3) is 0 Å². The number of hydrogen-bond acceptors (Lipinski definition) is 42. The van der Waals surface area contributed by atoms with E-state index in [2.05, 4.69) is 52.1 Å². The molecule has 662 valence electrons. The van der Waals surface area contributed by atoms with E-state index in [9.17, 15) is 57.5 Å². The van der Waals surface area contributed by atoms with Gasteiger partial charge in [0, 0.05) is 196 Å². The predicted octanol–water partition coefficient (Wildman–Crippen LogP) is 3.55. The fraction of sp³-hybridized carbons (Fsp3) is 0.821. The van der Waals surface area contributed by atoms with E-state index in [1.54, 1.807) is 41.5 Å². The summed E-state index contributed by atoms with van der Waals surface area (Å²) in [6, 6.07) is 0. The minimum atomic E-state index is -1.19. The molecule has 0 aliphatic rings. The first-order chi connectivity index (χ1) is 50.0. The summed E-state index contributed by atoms with van der Waals surface area (Å²) in [6.45, 7) is 26.0. The maximum absolute atomic E-state index is 11.6. The van der Waals surface area contributed by atoms with Crippen molar-refractivity contribution in [2.45, 2.75) is 202 Å². The summed E-state index contributed by atoms with van der Waals surface area (Å²) in [5, 5.41) is 51.3. The van der Waals surface area contributed by atoms with Gasteiger partial charge in [-0.1, -0.05) is 7.43 Å². The second-order valence-electron chi connectivity index (χ2n) is 24.4. The summed E-state index contributed by atoms with van der Waals surface area (Å²) >= 11 is 0. The molecule has 0 amide bonds. The van der Waals surface area contributed by atoms with Crippen molar-refractivity contribution in [3.05, 3.63) is 0 Å². The molecule has 6 unspecified atom stereocenters. The van der Waals surface area contributed by atoms with Crippen molar-refractivity contribution in [3.63, 3.8) is 0 Å². The Kier molecular flexibility index (Phi) is 102. The van der Waals surface area contributed by atoms with Crippen LogP contribution in [0, 0.1) is 0 Å². The normalized spacial score (nSPS) is 11.9. The summed E-state index contributed by atoms with van der Waals surface area (Å²) in [4.78, 5) is 134. The minimum absolute atomic E-state index is 0. The Balaban J connectivity index is -0.0000000975. The minimum Gasteiger partial charge on any atom is -0.461 e. The number of aliphatic hydroxyl groups is 6. The van der Waals surface area contributed by atoms with Crippen molar-refractivity contribution >= 4 is 72.7 Å². The van der Waals surface area contributed by atoms with E-state index in [0.29, 0.717) is 0 Å². The molecule has 6 N–H and O–H groups in total. The number of ether oxygens (including phenoxy) is 24. The largest absolute Gasteiger partial charge is 0.508 e. The number of esters is 6. The SMILES string of the molecule is C.COC(=O)OC(C)COC(C)(C)C(=O)OCCO.COC(=O)OCC(C)OC(C)(C)C(=O)OCCO.COC(=O)OCC(C)OC(C)(C)C(=O)OCCO.COC(=O)OCC(C)OC(C)(C)C(=O)OCCO.COC(=O)OCC(C)OC(C)(C)C(=O)OCCO.COC(=O)OCC(C)OC(C)(C)C(=O)OCCO.[Y].[Y].[Y].[Y].[Y].[Y]. The van der Waals surface area contributed by atoms with Crippen molar-refractivity contribution in [2.24, 2.45) is 0 Å². The van der Waals surface area contributed by atoms with Crippen molar-refractivity contribution in [1.82, 2.24) is 0 Å². The van der Waals surface area contributed by atoms with Gasteiger partial charge in [-0.15, -0.1) is 0 Å². The average Bonchev–Trinajstić information content (AvgIpc) is 0.891. The smallest absolute Gasteiger partial charge is 0.461 e. The second kappa shape index (κ2) is 82.2. The molecule has 0 aromatic carbocycles. The zero-order chi connectivity index (χ0) is 85.1. The fourth-order valence-corrected chi connectivity index (χ4v) is 6.65. The van der Waals surface area contributed by atoms with Gasteiger partial charge in [0.05, 0.1) is 119 Å². The number of methoxy groups -OCH3 is 6. The number of hydrogen-bond donors (Lipinski definition) is 6. The molecule has 0 saturated heterocycles. The molecule has 115 heavy (non-hydrogen) atoms. The van der Waals surface area contributed by atoms with Gasteiger partial charge in [0.15, 0.2) is 33.6 Å². The molecule has 0 saturated carbocycles. The Bertz CT molecular complexity index is 2230. The zero-order valence-corrected chi connectivity index (χ0v) is 87.1. The molecular weight excluding hydrogens is 2010 g/mol. The van der Waals surface area contributed by atoms with Crippen LogP contribution in [-0.2, 0) is 339 Å². The third kappa shape index (κ3) is 80.7. The maximum Gasteiger partial charge on any atom is 0.508 e. The molecule has 0 aromatic heterocycles. The monoisotopic (exact) mass is 2130 g/mol. The number of carbonyl (C=O) groups excluding carboxylic acids is 12. The molecule has 0 aromatic rings. The van der Waals surface area contributed by atoms with Crippen LogP contribution in [0.5, 0.6) is 0 Å². The molecule has 42 nitrogen and oxygen atoms in total. The molecule has 0 aliphatic carbocycles. The standard InChI is InChI=1S/6C11H20O7.CH4.6Y/c1-8(18-10(14)15-4)7-17-11(2,3)9(13)16-6-5-12;5*1-8(7-17-10(14)15-4)18-11(2,3)9(13)16-6-5-12;;;;;;;/h6*8,12H,5-7H2,1-4H3;1H4;;;;;;. The van der Waals surface area contributed by atoms with Crippen molar-refractivity contribution in [1.29, 1.82) is 0 Å². The zero-order valence-electron chi connectivity index (χ0n) is 70.0. The number of rotatable bonds is 42.